The van der Waals surface area contributed by atoms with Crippen LogP contribution in [-0.2, 0) is 25.7 Å². The molecular formula is C17H24N2O5S. The van der Waals surface area contributed by atoms with Crippen LogP contribution in [0.25, 0.3) is 0 Å². The molecule has 1 rings (SSSR count). The largest absolute Gasteiger partial charge is 0.467 e. The molecule has 0 saturated carbocycles. The maximum atomic E-state index is 12.3. The summed E-state index contributed by atoms with van der Waals surface area (Å²) in [5, 5.41) is 5.07. The third-order valence-corrected chi connectivity index (χ3v) is 3.99. The third-order valence-electron chi connectivity index (χ3n) is 3.35. The summed E-state index contributed by atoms with van der Waals surface area (Å²) in [5.74, 6) is -0.337. The number of hydrogen-bond donors (Lipinski definition) is 2. The number of carbonyl (C=O) groups excluding carboxylic acids is 3. The second kappa shape index (κ2) is 11.4. The lowest BCUT2D eigenvalue weighted by Crippen LogP contribution is -2.51. The van der Waals surface area contributed by atoms with Crippen LogP contribution in [0.2, 0.25) is 0 Å². The molecule has 0 aliphatic rings. The first-order valence-corrected chi connectivity index (χ1v) is 9.21. The Labute approximate surface area is 151 Å². The molecule has 0 aromatic heterocycles. The normalized spacial score (nSPS) is 12.6. The lowest BCUT2D eigenvalue weighted by Gasteiger charge is -2.20. The van der Waals surface area contributed by atoms with Crippen LogP contribution in [0.1, 0.15) is 18.9 Å². The zero-order chi connectivity index (χ0) is 18.7. The third kappa shape index (κ3) is 7.93. The van der Waals surface area contributed by atoms with Gasteiger partial charge in [0.2, 0.25) is 5.91 Å². The van der Waals surface area contributed by atoms with Gasteiger partial charge in [-0.1, -0.05) is 30.3 Å². The zero-order valence-electron chi connectivity index (χ0n) is 14.6. The average Bonchev–Trinajstić information content (AvgIpc) is 2.63. The van der Waals surface area contributed by atoms with E-state index in [-0.39, 0.29) is 6.61 Å². The van der Waals surface area contributed by atoms with E-state index < -0.39 is 30.1 Å². The average molecular weight is 368 g/mol. The lowest BCUT2D eigenvalue weighted by atomic mass is 10.2. The van der Waals surface area contributed by atoms with Crippen LogP contribution >= 0.6 is 11.8 Å². The van der Waals surface area contributed by atoms with Gasteiger partial charge < -0.3 is 20.1 Å². The minimum Gasteiger partial charge on any atom is -0.467 e. The van der Waals surface area contributed by atoms with E-state index >= 15 is 0 Å². The van der Waals surface area contributed by atoms with Crippen molar-refractivity contribution < 1.29 is 23.9 Å². The maximum absolute atomic E-state index is 12.3. The highest BCUT2D eigenvalue weighted by molar-refractivity contribution is 7.98. The summed E-state index contributed by atoms with van der Waals surface area (Å²) in [6, 6.07) is 7.65. The summed E-state index contributed by atoms with van der Waals surface area (Å²) >= 11 is 1.55. The molecule has 8 heteroatoms. The Morgan fingerprint density at radius 3 is 2.44 bits per heavy atom. The van der Waals surface area contributed by atoms with Crippen LogP contribution in [-0.4, -0.2) is 49.2 Å². The Morgan fingerprint density at radius 1 is 1.16 bits per heavy atom. The number of alkyl carbamates (subject to hydrolysis) is 1. The molecule has 2 amide bonds. The highest BCUT2D eigenvalue weighted by atomic mass is 32.2. The monoisotopic (exact) mass is 368 g/mol. The van der Waals surface area contributed by atoms with Crippen LogP contribution in [0.4, 0.5) is 4.79 Å². The molecule has 2 N–H and O–H groups in total. The first kappa shape index (κ1) is 20.8. The van der Waals surface area contributed by atoms with Crippen molar-refractivity contribution in [2.45, 2.75) is 32.0 Å². The number of hydrogen-bond acceptors (Lipinski definition) is 6. The van der Waals surface area contributed by atoms with Crippen LogP contribution in [0, 0.1) is 0 Å². The molecule has 138 valence electrons. The highest BCUT2D eigenvalue weighted by Gasteiger charge is 2.24. The van der Waals surface area contributed by atoms with Crippen molar-refractivity contribution in [1.82, 2.24) is 10.6 Å². The number of ether oxygens (including phenoxy) is 2. The molecule has 0 unspecified atom stereocenters. The Kier molecular flexibility index (Phi) is 9.46. The van der Waals surface area contributed by atoms with Crippen LogP contribution in [0.5, 0.6) is 0 Å². The summed E-state index contributed by atoms with van der Waals surface area (Å²) < 4.78 is 9.71. The molecule has 25 heavy (non-hydrogen) atoms. The van der Waals surface area contributed by atoms with Gasteiger partial charge in [-0.3, -0.25) is 4.79 Å². The number of carbonyl (C=O) groups is 3. The van der Waals surface area contributed by atoms with Crippen molar-refractivity contribution in [3.05, 3.63) is 35.9 Å². The number of nitrogens with one attached hydrogen (secondary N) is 2. The topological polar surface area (TPSA) is 93.7 Å². The second-order valence-electron chi connectivity index (χ2n) is 5.29. The van der Waals surface area contributed by atoms with Crippen LogP contribution < -0.4 is 10.6 Å². The van der Waals surface area contributed by atoms with Gasteiger partial charge in [-0.25, -0.2) is 9.59 Å². The summed E-state index contributed by atoms with van der Waals surface area (Å²) in [6.07, 6.45) is 1.64. The molecule has 0 aliphatic heterocycles. The Hall–Kier alpha value is -2.22. The quantitative estimate of drug-likeness (QED) is 0.645. The van der Waals surface area contributed by atoms with E-state index in [4.69, 9.17) is 4.74 Å². The molecule has 0 fully saturated rings. The minimum absolute atomic E-state index is 0.113. The molecule has 1 aromatic carbocycles. The van der Waals surface area contributed by atoms with Crippen molar-refractivity contribution >= 4 is 29.7 Å². The molecule has 7 nitrogen and oxygen atoms in total. The van der Waals surface area contributed by atoms with Crippen LogP contribution in [0.15, 0.2) is 30.3 Å². The summed E-state index contributed by atoms with van der Waals surface area (Å²) in [5.41, 5.74) is 0.849. The van der Waals surface area contributed by atoms with E-state index in [9.17, 15) is 14.4 Å². The number of rotatable bonds is 9. The Morgan fingerprint density at radius 2 is 1.84 bits per heavy atom. The van der Waals surface area contributed by atoms with Crippen molar-refractivity contribution in [3.63, 3.8) is 0 Å². The molecule has 0 heterocycles. The first-order valence-electron chi connectivity index (χ1n) is 7.82. The van der Waals surface area contributed by atoms with Gasteiger partial charge in [0.25, 0.3) is 0 Å². The fourth-order valence-corrected chi connectivity index (χ4v) is 2.43. The molecule has 0 radical (unpaired) electrons. The van der Waals surface area contributed by atoms with Crippen molar-refractivity contribution in [2.75, 3.05) is 19.1 Å². The smallest absolute Gasteiger partial charge is 0.408 e. The standard InChI is InChI=1S/C17H24N2O5S/c1-12(16(21)23-2)18-15(20)14(9-10-25-3)19-17(22)24-11-13-7-5-4-6-8-13/h4-8,12,14H,9-11H2,1-3H3,(H,18,20)(H,19,22)/t12-,14-/m1/s1. The number of thioether (sulfide) groups is 1. The van der Waals surface area contributed by atoms with E-state index in [1.807, 2.05) is 36.6 Å². The fraction of sp³-hybridized carbons (Fsp3) is 0.471. The molecule has 0 saturated heterocycles. The van der Waals surface area contributed by atoms with Crippen molar-refractivity contribution in [1.29, 1.82) is 0 Å². The summed E-state index contributed by atoms with van der Waals surface area (Å²) in [7, 11) is 1.25. The number of esters is 1. The van der Waals surface area contributed by atoms with E-state index in [0.717, 1.165) is 5.56 Å². The maximum Gasteiger partial charge on any atom is 0.408 e. The molecular weight excluding hydrogens is 344 g/mol. The van der Waals surface area contributed by atoms with E-state index in [0.29, 0.717) is 12.2 Å². The van der Waals surface area contributed by atoms with Gasteiger partial charge in [0.15, 0.2) is 0 Å². The van der Waals surface area contributed by atoms with Gasteiger partial charge in [-0.05, 0) is 30.9 Å². The van der Waals surface area contributed by atoms with Gasteiger partial charge in [-0.2, -0.15) is 11.8 Å². The number of methoxy groups -OCH3 is 1. The Bertz CT molecular complexity index is 567. The van der Waals surface area contributed by atoms with E-state index in [2.05, 4.69) is 15.4 Å². The van der Waals surface area contributed by atoms with Gasteiger partial charge in [0, 0.05) is 0 Å². The van der Waals surface area contributed by atoms with Crippen molar-refractivity contribution in [3.8, 4) is 0 Å². The van der Waals surface area contributed by atoms with Crippen molar-refractivity contribution in [2.24, 2.45) is 0 Å². The second-order valence-corrected chi connectivity index (χ2v) is 6.28. The number of amides is 2. The lowest BCUT2D eigenvalue weighted by molar-refractivity contribution is -0.144. The zero-order valence-corrected chi connectivity index (χ0v) is 15.4. The van der Waals surface area contributed by atoms with Gasteiger partial charge in [-0.15, -0.1) is 0 Å². The summed E-state index contributed by atoms with van der Waals surface area (Å²) in [6.45, 7) is 1.63. The van der Waals surface area contributed by atoms with Crippen LogP contribution in [0.3, 0.4) is 0 Å². The first-order chi connectivity index (χ1) is 12.0. The molecule has 0 spiro atoms. The predicted molar refractivity (Wildman–Crippen MR) is 96.2 cm³/mol. The predicted octanol–water partition coefficient (Wildman–Crippen LogP) is 1.71. The molecule has 2 atom stereocenters. The number of benzene rings is 1. The summed E-state index contributed by atoms with van der Waals surface area (Å²) in [4.78, 5) is 35.7. The van der Waals surface area contributed by atoms with Gasteiger partial charge in [0.05, 0.1) is 7.11 Å². The molecule has 0 aliphatic carbocycles. The minimum atomic E-state index is -0.795. The van der Waals surface area contributed by atoms with Gasteiger partial charge in [0.1, 0.15) is 18.7 Å². The molecule has 1 aromatic rings. The van der Waals surface area contributed by atoms with E-state index in [1.165, 1.54) is 14.0 Å². The highest BCUT2D eigenvalue weighted by Crippen LogP contribution is 2.04. The van der Waals surface area contributed by atoms with Gasteiger partial charge >= 0.3 is 12.1 Å². The Balaban J connectivity index is 2.57. The SMILES string of the molecule is COC(=O)[C@@H](C)NC(=O)[C@@H](CCSC)NC(=O)OCc1ccccc1. The van der Waals surface area contributed by atoms with E-state index in [1.54, 1.807) is 11.8 Å². The fourth-order valence-electron chi connectivity index (χ4n) is 1.96. The molecule has 0 bridgehead atoms.